The Morgan fingerprint density at radius 3 is 1.18 bits per heavy atom. The Balaban J connectivity index is 0.934. The average Bonchev–Trinajstić information content (AvgIpc) is 3.79. The lowest BCUT2D eigenvalue weighted by atomic mass is 9.89. The number of benzene rings is 11. The van der Waals surface area contributed by atoms with Gasteiger partial charge in [0.1, 0.15) is 11.2 Å². The van der Waals surface area contributed by atoms with Gasteiger partial charge in [-0.2, -0.15) is 0 Å². The van der Waals surface area contributed by atoms with E-state index in [4.69, 9.17) is 4.42 Å². The Labute approximate surface area is 384 Å². The SMILES string of the molecule is c1ccc(-c2ccc(N(c3ccc(-c4ccc(-c5ccccc5)c(-c5cccc6ccccc56)c4)cc3)c3ccc(-c4cccc5c4oc4c(-c6ccccc6)cccc45)cc3)cc2)cc1. The third-order valence-electron chi connectivity index (χ3n) is 12.9. The van der Waals surface area contributed by atoms with Crippen molar-refractivity contribution in [2.45, 2.75) is 0 Å². The summed E-state index contributed by atoms with van der Waals surface area (Å²) >= 11 is 0. The van der Waals surface area contributed by atoms with Crippen molar-refractivity contribution in [2.24, 2.45) is 0 Å². The van der Waals surface area contributed by atoms with Gasteiger partial charge in [-0.05, 0) is 109 Å². The topological polar surface area (TPSA) is 16.4 Å². The average molecular weight is 842 g/mol. The molecule has 66 heavy (non-hydrogen) atoms. The molecule has 0 bridgehead atoms. The summed E-state index contributed by atoms with van der Waals surface area (Å²) in [5.41, 5.74) is 19.0. The largest absolute Gasteiger partial charge is 0.455 e. The maximum atomic E-state index is 6.81. The summed E-state index contributed by atoms with van der Waals surface area (Å²) in [4.78, 5) is 2.34. The van der Waals surface area contributed by atoms with Crippen LogP contribution in [-0.2, 0) is 0 Å². The number of para-hydroxylation sites is 2. The summed E-state index contributed by atoms with van der Waals surface area (Å²) < 4.78 is 6.81. The van der Waals surface area contributed by atoms with Crippen LogP contribution < -0.4 is 4.90 Å². The second kappa shape index (κ2) is 16.8. The first-order valence-electron chi connectivity index (χ1n) is 22.6. The van der Waals surface area contributed by atoms with Crippen molar-refractivity contribution < 1.29 is 4.42 Å². The van der Waals surface area contributed by atoms with Crippen LogP contribution in [0, 0.1) is 0 Å². The first-order valence-corrected chi connectivity index (χ1v) is 22.6. The molecule has 0 spiro atoms. The van der Waals surface area contributed by atoms with E-state index in [0.29, 0.717) is 0 Å². The van der Waals surface area contributed by atoms with E-state index < -0.39 is 0 Å². The van der Waals surface area contributed by atoms with Crippen molar-refractivity contribution in [1.82, 2.24) is 0 Å². The molecule has 0 radical (unpaired) electrons. The summed E-state index contributed by atoms with van der Waals surface area (Å²) in [6, 6.07) is 93.6. The second-order valence-corrected chi connectivity index (χ2v) is 16.8. The van der Waals surface area contributed by atoms with Crippen LogP contribution >= 0.6 is 0 Å². The smallest absolute Gasteiger partial charge is 0.143 e. The second-order valence-electron chi connectivity index (χ2n) is 16.8. The Bertz CT molecular complexity index is 3640. The first kappa shape index (κ1) is 38.9. The van der Waals surface area contributed by atoms with E-state index in [1.165, 1.54) is 49.7 Å². The van der Waals surface area contributed by atoms with E-state index in [-0.39, 0.29) is 0 Å². The molecule has 310 valence electrons. The van der Waals surface area contributed by atoms with Gasteiger partial charge in [0.25, 0.3) is 0 Å². The Morgan fingerprint density at radius 2 is 0.606 bits per heavy atom. The highest BCUT2D eigenvalue weighted by Crippen LogP contribution is 2.43. The predicted octanol–water partition coefficient (Wildman–Crippen LogP) is 18.2. The van der Waals surface area contributed by atoms with Crippen LogP contribution in [0.2, 0.25) is 0 Å². The molecule has 0 N–H and O–H groups in total. The molecule has 1 heterocycles. The van der Waals surface area contributed by atoms with Gasteiger partial charge in [-0.15, -0.1) is 0 Å². The van der Waals surface area contributed by atoms with Crippen LogP contribution in [0.1, 0.15) is 0 Å². The number of rotatable bonds is 9. The van der Waals surface area contributed by atoms with E-state index in [1.54, 1.807) is 0 Å². The molecule has 0 aliphatic carbocycles. The molecule has 12 rings (SSSR count). The predicted molar refractivity (Wildman–Crippen MR) is 279 cm³/mol. The van der Waals surface area contributed by atoms with E-state index in [9.17, 15) is 0 Å². The standard InChI is InChI=1S/C64H43NO/c1-4-15-44(16-5-1)45-29-36-52(37-30-45)65(54-40-33-50(34-41-54)58-25-14-28-61-60-27-13-24-57(63(60)66-64(58)61)49-19-8-3-9-20-49)53-38-31-46(32-39-53)51-35-42-56(47-17-6-2-7-18-47)62(43-51)59-26-12-22-48-21-10-11-23-55(48)59/h1-43H. The Morgan fingerprint density at radius 1 is 0.227 bits per heavy atom. The van der Waals surface area contributed by atoms with Gasteiger partial charge in [0, 0.05) is 39.0 Å². The number of hydrogen-bond acceptors (Lipinski definition) is 2. The number of hydrogen-bond donors (Lipinski definition) is 0. The van der Waals surface area contributed by atoms with Crippen molar-refractivity contribution in [2.75, 3.05) is 4.90 Å². The molecule has 12 aromatic rings. The highest BCUT2D eigenvalue weighted by molar-refractivity contribution is 6.13. The molecule has 0 unspecified atom stereocenters. The minimum absolute atomic E-state index is 0.896. The normalized spacial score (nSPS) is 11.3. The molecule has 0 atom stereocenters. The third kappa shape index (κ3) is 7.12. The van der Waals surface area contributed by atoms with Gasteiger partial charge in [0.2, 0.25) is 0 Å². The zero-order valence-electron chi connectivity index (χ0n) is 36.2. The third-order valence-corrected chi connectivity index (χ3v) is 12.9. The van der Waals surface area contributed by atoms with Crippen molar-refractivity contribution in [1.29, 1.82) is 0 Å². The van der Waals surface area contributed by atoms with Gasteiger partial charge in [0.05, 0.1) is 0 Å². The monoisotopic (exact) mass is 841 g/mol. The number of fused-ring (bicyclic) bond motifs is 4. The van der Waals surface area contributed by atoms with Crippen LogP contribution in [-0.4, -0.2) is 0 Å². The minimum atomic E-state index is 0.896. The Kier molecular flexibility index (Phi) is 9.89. The van der Waals surface area contributed by atoms with Crippen molar-refractivity contribution in [3.63, 3.8) is 0 Å². The van der Waals surface area contributed by atoms with Gasteiger partial charge < -0.3 is 9.32 Å². The molecule has 0 saturated carbocycles. The van der Waals surface area contributed by atoms with Crippen LogP contribution in [0.25, 0.3) is 99.5 Å². The maximum Gasteiger partial charge on any atom is 0.143 e. The van der Waals surface area contributed by atoms with E-state index in [1.807, 2.05) is 0 Å². The zero-order chi connectivity index (χ0) is 43.8. The summed E-state index contributed by atoms with van der Waals surface area (Å²) in [6.07, 6.45) is 0. The molecule has 2 heteroatoms. The molecule has 0 aliphatic rings. The molecule has 1 aromatic heterocycles. The fraction of sp³-hybridized carbons (Fsp3) is 0. The quantitative estimate of drug-likeness (QED) is 0.144. The van der Waals surface area contributed by atoms with Gasteiger partial charge in [-0.1, -0.05) is 218 Å². The number of furan rings is 1. The molecule has 0 fully saturated rings. The highest BCUT2D eigenvalue weighted by atomic mass is 16.3. The van der Waals surface area contributed by atoms with Gasteiger partial charge >= 0.3 is 0 Å². The van der Waals surface area contributed by atoms with E-state index >= 15 is 0 Å². The van der Waals surface area contributed by atoms with Crippen molar-refractivity contribution in [3.8, 4) is 66.8 Å². The summed E-state index contributed by atoms with van der Waals surface area (Å²) in [7, 11) is 0. The van der Waals surface area contributed by atoms with Gasteiger partial charge in [-0.3, -0.25) is 0 Å². The van der Waals surface area contributed by atoms with Crippen molar-refractivity contribution in [3.05, 3.63) is 261 Å². The summed E-state index contributed by atoms with van der Waals surface area (Å²) in [5.74, 6) is 0. The molecule has 11 aromatic carbocycles. The molecular weight excluding hydrogens is 799 g/mol. The minimum Gasteiger partial charge on any atom is -0.455 e. The van der Waals surface area contributed by atoms with E-state index in [0.717, 1.165) is 66.8 Å². The summed E-state index contributed by atoms with van der Waals surface area (Å²) in [5, 5.41) is 4.72. The van der Waals surface area contributed by atoms with Crippen LogP contribution in [0.5, 0.6) is 0 Å². The lowest BCUT2D eigenvalue weighted by molar-refractivity contribution is 0.671. The molecule has 2 nitrogen and oxygen atoms in total. The first-order chi connectivity index (χ1) is 32.7. The summed E-state index contributed by atoms with van der Waals surface area (Å²) in [6.45, 7) is 0. The van der Waals surface area contributed by atoms with Crippen molar-refractivity contribution >= 4 is 49.8 Å². The molecule has 0 aliphatic heterocycles. The molecule has 0 amide bonds. The van der Waals surface area contributed by atoms with Gasteiger partial charge in [0.15, 0.2) is 0 Å². The molecule has 0 saturated heterocycles. The zero-order valence-corrected chi connectivity index (χ0v) is 36.2. The maximum absolute atomic E-state index is 6.81. The van der Waals surface area contributed by atoms with Crippen LogP contribution in [0.4, 0.5) is 17.1 Å². The van der Waals surface area contributed by atoms with E-state index in [2.05, 4.69) is 266 Å². The molecular formula is C64H43NO. The lowest BCUT2D eigenvalue weighted by Gasteiger charge is -2.26. The van der Waals surface area contributed by atoms with Crippen LogP contribution in [0.3, 0.4) is 0 Å². The number of anilines is 3. The lowest BCUT2D eigenvalue weighted by Crippen LogP contribution is -2.09. The highest BCUT2D eigenvalue weighted by Gasteiger charge is 2.19. The Hall–Kier alpha value is -8.72. The number of nitrogens with zero attached hydrogens (tertiary/aromatic N) is 1. The van der Waals surface area contributed by atoms with Crippen LogP contribution in [0.15, 0.2) is 265 Å². The fourth-order valence-electron chi connectivity index (χ4n) is 9.64. The fourth-order valence-corrected chi connectivity index (χ4v) is 9.64. The van der Waals surface area contributed by atoms with Gasteiger partial charge in [-0.25, -0.2) is 0 Å².